The summed E-state index contributed by atoms with van der Waals surface area (Å²) in [4.78, 5) is 6.84. The van der Waals surface area contributed by atoms with E-state index in [9.17, 15) is 0 Å². The van der Waals surface area contributed by atoms with Crippen LogP contribution in [0.3, 0.4) is 0 Å². The van der Waals surface area contributed by atoms with Gasteiger partial charge < -0.3 is 10.2 Å². The van der Waals surface area contributed by atoms with Crippen molar-refractivity contribution in [2.24, 2.45) is 5.41 Å². The molecule has 0 amide bonds. The third-order valence-corrected chi connectivity index (χ3v) is 4.49. The lowest BCUT2D eigenvalue weighted by Crippen LogP contribution is -2.38. The standard InChI is InChI=1S/C16H27N3/c1-4-8-18-14-11-15(13-17-12-14)19-9-6-16(3,5-2)7-10-19/h11-13,18H,4-10H2,1-3H3. The molecular weight excluding hydrogens is 234 g/mol. The third kappa shape index (κ3) is 3.62. The zero-order valence-electron chi connectivity index (χ0n) is 12.6. The fourth-order valence-corrected chi connectivity index (χ4v) is 2.63. The highest BCUT2D eigenvalue weighted by molar-refractivity contribution is 5.55. The highest BCUT2D eigenvalue weighted by Gasteiger charge is 2.28. The van der Waals surface area contributed by atoms with Crippen molar-refractivity contribution >= 4 is 11.4 Å². The van der Waals surface area contributed by atoms with Crippen molar-refractivity contribution in [1.82, 2.24) is 4.98 Å². The second-order valence-corrected chi connectivity index (χ2v) is 6.01. The van der Waals surface area contributed by atoms with Crippen molar-refractivity contribution in [2.75, 3.05) is 29.9 Å². The van der Waals surface area contributed by atoms with E-state index in [0.29, 0.717) is 5.41 Å². The summed E-state index contributed by atoms with van der Waals surface area (Å²) in [5.74, 6) is 0. The van der Waals surface area contributed by atoms with E-state index in [2.05, 4.69) is 42.0 Å². The van der Waals surface area contributed by atoms with Crippen LogP contribution in [0.2, 0.25) is 0 Å². The Hall–Kier alpha value is -1.25. The molecule has 1 aliphatic rings. The van der Waals surface area contributed by atoms with Gasteiger partial charge in [0.2, 0.25) is 0 Å². The molecule has 2 rings (SSSR count). The van der Waals surface area contributed by atoms with Gasteiger partial charge in [0.25, 0.3) is 0 Å². The number of anilines is 2. The van der Waals surface area contributed by atoms with Crippen LogP contribution in [0.4, 0.5) is 11.4 Å². The highest BCUT2D eigenvalue weighted by atomic mass is 15.1. The molecule has 0 aromatic carbocycles. The van der Waals surface area contributed by atoms with Gasteiger partial charge in [0.1, 0.15) is 0 Å². The van der Waals surface area contributed by atoms with Gasteiger partial charge in [-0.3, -0.25) is 4.98 Å². The normalized spacial score (nSPS) is 18.4. The maximum absolute atomic E-state index is 4.37. The molecule has 1 fully saturated rings. The van der Waals surface area contributed by atoms with E-state index >= 15 is 0 Å². The Bertz CT molecular complexity index is 395. The van der Waals surface area contributed by atoms with Crippen molar-refractivity contribution in [2.45, 2.75) is 46.5 Å². The summed E-state index contributed by atoms with van der Waals surface area (Å²) in [6, 6.07) is 2.23. The van der Waals surface area contributed by atoms with Gasteiger partial charge in [0, 0.05) is 19.6 Å². The van der Waals surface area contributed by atoms with Crippen molar-refractivity contribution < 1.29 is 0 Å². The van der Waals surface area contributed by atoms with E-state index in [1.165, 1.54) is 24.9 Å². The second kappa shape index (κ2) is 6.27. The monoisotopic (exact) mass is 261 g/mol. The van der Waals surface area contributed by atoms with Gasteiger partial charge in [0.15, 0.2) is 0 Å². The average molecular weight is 261 g/mol. The first-order valence-electron chi connectivity index (χ1n) is 7.61. The van der Waals surface area contributed by atoms with Gasteiger partial charge in [-0.15, -0.1) is 0 Å². The molecule has 1 aromatic heterocycles. The number of aromatic nitrogens is 1. The Balaban J connectivity index is 1.99. The number of hydrogen-bond acceptors (Lipinski definition) is 3. The van der Waals surface area contributed by atoms with E-state index in [0.717, 1.165) is 31.7 Å². The second-order valence-electron chi connectivity index (χ2n) is 6.01. The fraction of sp³-hybridized carbons (Fsp3) is 0.688. The molecule has 0 unspecified atom stereocenters. The maximum Gasteiger partial charge on any atom is 0.0573 e. The molecule has 1 saturated heterocycles. The zero-order valence-corrected chi connectivity index (χ0v) is 12.6. The third-order valence-electron chi connectivity index (χ3n) is 4.49. The largest absolute Gasteiger partial charge is 0.384 e. The molecule has 2 heterocycles. The number of pyridine rings is 1. The van der Waals surface area contributed by atoms with Crippen LogP contribution in [0.1, 0.15) is 46.5 Å². The van der Waals surface area contributed by atoms with Crippen molar-refractivity contribution in [3.8, 4) is 0 Å². The minimum absolute atomic E-state index is 0.544. The summed E-state index contributed by atoms with van der Waals surface area (Å²) in [6.07, 6.45) is 8.91. The predicted molar refractivity (Wildman–Crippen MR) is 82.9 cm³/mol. The minimum atomic E-state index is 0.544. The van der Waals surface area contributed by atoms with Crippen molar-refractivity contribution in [3.63, 3.8) is 0 Å². The van der Waals surface area contributed by atoms with Crippen LogP contribution in [0.15, 0.2) is 18.5 Å². The van der Waals surface area contributed by atoms with Crippen LogP contribution in [-0.2, 0) is 0 Å². The van der Waals surface area contributed by atoms with Gasteiger partial charge >= 0.3 is 0 Å². The molecule has 3 heteroatoms. The molecule has 106 valence electrons. The summed E-state index contributed by atoms with van der Waals surface area (Å²) < 4.78 is 0. The lowest BCUT2D eigenvalue weighted by Gasteiger charge is -2.40. The summed E-state index contributed by atoms with van der Waals surface area (Å²) in [7, 11) is 0. The van der Waals surface area contributed by atoms with Gasteiger partial charge in [-0.1, -0.05) is 27.2 Å². The Morgan fingerprint density at radius 1 is 1.26 bits per heavy atom. The van der Waals surface area contributed by atoms with Crippen LogP contribution in [0.5, 0.6) is 0 Å². The number of hydrogen-bond donors (Lipinski definition) is 1. The van der Waals surface area contributed by atoms with Crippen LogP contribution in [-0.4, -0.2) is 24.6 Å². The van der Waals surface area contributed by atoms with E-state index in [4.69, 9.17) is 0 Å². The molecule has 0 spiro atoms. The van der Waals surface area contributed by atoms with Gasteiger partial charge in [0.05, 0.1) is 23.8 Å². The quantitative estimate of drug-likeness (QED) is 0.870. The number of nitrogens with zero attached hydrogens (tertiary/aromatic N) is 2. The zero-order chi connectivity index (χ0) is 13.7. The molecule has 1 aliphatic heterocycles. The Morgan fingerprint density at radius 3 is 2.63 bits per heavy atom. The fourth-order valence-electron chi connectivity index (χ4n) is 2.63. The predicted octanol–water partition coefficient (Wildman–Crippen LogP) is 3.92. The Labute approximate surface area is 117 Å². The summed E-state index contributed by atoms with van der Waals surface area (Å²) in [6.45, 7) is 10.2. The van der Waals surface area contributed by atoms with Crippen molar-refractivity contribution in [1.29, 1.82) is 0 Å². The molecule has 0 bridgehead atoms. The highest BCUT2D eigenvalue weighted by Crippen LogP contribution is 2.35. The molecule has 0 atom stereocenters. The molecule has 1 aromatic rings. The van der Waals surface area contributed by atoms with Crippen molar-refractivity contribution in [3.05, 3.63) is 18.5 Å². The van der Waals surface area contributed by atoms with E-state index in [-0.39, 0.29) is 0 Å². The van der Waals surface area contributed by atoms with Gasteiger partial charge in [-0.2, -0.15) is 0 Å². The molecule has 1 N–H and O–H groups in total. The van der Waals surface area contributed by atoms with E-state index in [1.807, 2.05) is 12.4 Å². The molecule has 0 radical (unpaired) electrons. The van der Waals surface area contributed by atoms with Crippen LogP contribution >= 0.6 is 0 Å². The summed E-state index contributed by atoms with van der Waals surface area (Å²) in [5.41, 5.74) is 2.95. The maximum atomic E-state index is 4.37. The molecule has 3 nitrogen and oxygen atoms in total. The first-order valence-corrected chi connectivity index (χ1v) is 7.61. The first kappa shape index (κ1) is 14.2. The van der Waals surface area contributed by atoms with E-state index in [1.54, 1.807) is 0 Å². The number of nitrogens with one attached hydrogen (secondary N) is 1. The van der Waals surface area contributed by atoms with Crippen LogP contribution < -0.4 is 10.2 Å². The number of rotatable bonds is 5. The molecule has 19 heavy (non-hydrogen) atoms. The van der Waals surface area contributed by atoms with Gasteiger partial charge in [-0.05, 0) is 30.7 Å². The topological polar surface area (TPSA) is 28.2 Å². The lowest BCUT2D eigenvalue weighted by molar-refractivity contribution is 0.238. The Kier molecular flexibility index (Phi) is 4.67. The average Bonchev–Trinajstić information content (AvgIpc) is 2.46. The van der Waals surface area contributed by atoms with Crippen LogP contribution in [0, 0.1) is 5.41 Å². The SMILES string of the molecule is CCCNc1cncc(N2CCC(C)(CC)CC2)c1. The van der Waals surface area contributed by atoms with Gasteiger partial charge in [-0.25, -0.2) is 0 Å². The molecular formula is C16H27N3. The first-order chi connectivity index (χ1) is 9.17. The smallest absolute Gasteiger partial charge is 0.0573 e. The van der Waals surface area contributed by atoms with Crippen LogP contribution in [0.25, 0.3) is 0 Å². The van der Waals surface area contributed by atoms with E-state index < -0.39 is 0 Å². The summed E-state index contributed by atoms with van der Waals surface area (Å²) in [5, 5.41) is 3.41. The molecule has 0 saturated carbocycles. The lowest BCUT2D eigenvalue weighted by atomic mass is 9.78. The Morgan fingerprint density at radius 2 is 2.00 bits per heavy atom. The molecule has 0 aliphatic carbocycles. The number of piperidine rings is 1. The summed E-state index contributed by atoms with van der Waals surface area (Å²) >= 11 is 0. The minimum Gasteiger partial charge on any atom is -0.384 e.